The maximum absolute atomic E-state index is 15.5. The van der Waals surface area contributed by atoms with Crippen LogP contribution in [0.15, 0.2) is 47.4 Å². The first-order valence-corrected chi connectivity index (χ1v) is 15.4. The fourth-order valence-corrected chi connectivity index (χ4v) is 6.19. The number of aryl methyl sites for hydroxylation is 1. The molecule has 0 aliphatic carbocycles. The number of ether oxygens (including phenoxy) is 1. The summed E-state index contributed by atoms with van der Waals surface area (Å²) in [6.45, 7) is 7.41. The van der Waals surface area contributed by atoms with Crippen molar-refractivity contribution in [3.63, 3.8) is 0 Å². The number of sulfonamides is 1. The van der Waals surface area contributed by atoms with Crippen molar-refractivity contribution in [1.29, 1.82) is 0 Å². The van der Waals surface area contributed by atoms with E-state index in [4.69, 9.17) is 4.74 Å². The Morgan fingerprint density at radius 3 is 2.46 bits per heavy atom. The number of nitrogens with one attached hydrogen (secondary N) is 2. The van der Waals surface area contributed by atoms with E-state index in [9.17, 15) is 18.0 Å². The summed E-state index contributed by atoms with van der Waals surface area (Å²) in [6.07, 6.45) is 1.29. The number of thiol groups is 1. The Hall–Kier alpha value is -3.38. The van der Waals surface area contributed by atoms with Gasteiger partial charge in [-0.25, -0.2) is 17.5 Å². The predicted octanol–water partition coefficient (Wildman–Crippen LogP) is 4.34. The van der Waals surface area contributed by atoms with Crippen molar-refractivity contribution in [2.24, 2.45) is 11.8 Å². The normalized spacial score (nSPS) is 12.3. The molecular weight excluding hydrogens is 567 g/mol. The van der Waals surface area contributed by atoms with Gasteiger partial charge in [0.05, 0.1) is 36.5 Å². The van der Waals surface area contributed by atoms with Gasteiger partial charge >= 0.3 is 0 Å². The van der Waals surface area contributed by atoms with Crippen LogP contribution in [0.3, 0.4) is 0 Å². The summed E-state index contributed by atoms with van der Waals surface area (Å²) in [4.78, 5) is 28.7. The summed E-state index contributed by atoms with van der Waals surface area (Å²) in [5.74, 6) is -0.853. The number of benzene rings is 2. The van der Waals surface area contributed by atoms with Gasteiger partial charge in [0.1, 0.15) is 5.82 Å². The van der Waals surface area contributed by atoms with Gasteiger partial charge in [0.2, 0.25) is 11.8 Å². The SMILES string of the molecule is CCc1nc(OC)n(Cc2ccc(-c3ccccc3S(=O)(=O)NC(C)=O)cc2F)c1CNC(=O)[C@@H](CS)CC(C)C. The second kappa shape index (κ2) is 14.0. The maximum Gasteiger partial charge on any atom is 0.296 e. The van der Waals surface area contributed by atoms with Crippen molar-refractivity contribution in [3.8, 4) is 17.1 Å². The molecule has 12 heteroatoms. The molecule has 2 amide bonds. The number of hydrogen-bond donors (Lipinski definition) is 3. The Bertz CT molecular complexity index is 1500. The molecule has 0 fully saturated rings. The lowest BCUT2D eigenvalue weighted by atomic mass is 9.98. The van der Waals surface area contributed by atoms with Crippen molar-refractivity contribution >= 4 is 34.5 Å². The zero-order valence-electron chi connectivity index (χ0n) is 23.9. The molecule has 3 aromatic rings. The Labute approximate surface area is 246 Å². The molecule has 0 spiro atoms. The van der Waals surface area contributed by atoms with E-state index in [1.807, 2.05) is 11.6 Å². The number of aromatic nitrogens is 2. The van der Waals surface area contributed by atoms with Crippen LogP contribution >= 0.6 is 12.6 Å². The highest BCUT2D eigenvalue weighted by Gasteiger charge is 2.23. The molecule has 0 unspecified atom stereocenters. The van der Waals surface area contributed by atoms with Gasteiger partial charge in [-0.3, -0.25) is 14.2 Å². The predicted molar refractivity (Wildman–Crippen MR) is 159 cm³/mol. The van der Waals surface area contributed by atoms with Crippen LogP contribution in [0.5, 0.6) is 6.01 Å². The van der Waals surface area contributed by atoms with E-state index in [1.165, 1.54) is 25.3 Å². The molecule has 0 saturated carbocycles. The van der Waals surface area contributed by atoms with Crippen LogP contribution in [0.4, 0.5) is 4.39 Å². The minimum atomic E-state index is -4.14. The van der Waals surface area contributed by atoms with Crippen LogP contribution in [0.2, 0.25) is 0 Å². The standard InChI is InChI=1S/C29H37FN4O5S2/c1-6-25-26(15-31-28(36)22(17-40)13-18(2)3)34(29(32-25)39-5)16-21-12-11-20(14-24(21)30)23-9-7-8-10-27(23)41(37,38)33-19(4)35/h7-12,14,18,22,40H,6,13,15-17H2,1-5H3,(H,31,36)(H,33,35)/t22-/m1/s1. The minimum Gasteiger partial charge on any atom is -0.468 e. The van der Waals surface area contributed by atoms with Crippen LogP contribution in [0, 0.1) is 17.7 Å². The molecule has 0 saturated heterocycles. The first-order valence-electron chi connectivity index (χ1n) is 13.3. The molecule has 1 aromatic heterocycles. The molecule has 0 aliphatic heterocycles. The lowest BCUT2D eigenvalue weighted by Gasteiger charge is -2.18. The van der Waals surface area contributed by atoms with E-state index < -0.39 is 21.7 Å². The monoisotopic (exact) mass is 604 g/mol. The third kappa shape index (κ3) is 7.88. The van der Waals surface area contributed by atoms with Crippen LogP contribution in [-0.4, -0.2) is 42.6 Å². The van der Waals surface area contributed by atoms with Gasteiger partial charge < -0.3 is 10.1 Å². The molecule has 9 nitrogen and oxygen atoms in total. The van der Waals surface area contributed by atoms with E-state index in [1.54, 1.807) is 28.8 Å². The third-order valence-electron chi connectivity index (χ3n) is 6.56. The van der Waals surface area contributed by atoms with E-state index in [0.29, 0.717) is 41.3 Å². The quantitative estimate of drug-likeness (QED) is 0.250. The molecule has 0 aliphatic rings. The lowest BCUT2D eigenvalue weighted by molar-refractivity contribution is -0.125. The number of carbonyl (C=O) groups is 2. The van der Waals surface area contributed by atoms with Gasteiger partial charge in [0, 0.05) is 29.7 Å². The molecule has 3 rings (SSSR count). The number of halogens is 1. The average molecular weight is 605 g/mol. The van der Waals surface area contributed by atoms with Crippen molar-refractivity contribution in [2.75, 3.05) is 12.9 Å². The van der Waals surface area contributed by atoms with Crippen LogP contribution in [0.1, 0.15) is 51.1 Å². The first-order chi connectivity index (χ1) is 19.4. The molecule has 1 atom stereocenters. The molecule has 0 radical (unpaired) electrons. The van der Waals surface area contributed by atoms with E-state index in [0.717, 1.165) is 12.6 Å². The lowest BCUT2D eigenvalue weighted by Crippen LogP contribution is -2.33. The molecule has 0 bridgehead atoms. The average Bonchev–Trinajstić information content (AvgIpc) is 3.26. The van der Waals surface area contributed by atoms with Crippen molar-refractivity contribution < 1.29 is 27.1 Å². The number of hydrogen-bond acceptors (Lipinski definition) is 7. The smallest absolute Gasteiger partial charge is 0.296 e. The Balaban J connectivity index is 1.94. The number of carbonyl (C=O) groups excluding carboxylic acids is 2. The second-order valence-corrected chi connectivity index (χ2v) is 12.1. The fraction of sp³-hybridized carbons (Fsp3) is 0.414. The van der Waals surface area contributed by atoms with Gasteiger partial charge in [-0.05, 0) is 36.5 Å². The van der Waals surface area contributed by atoms with Gasteiger partial charge in [-0.1, -0.05) is 51.1 Å². The summed E-state index contributed by atoms with van der Waals surface area (Å²) in [5.41, 5.74) is 2.33. The number of nitrogens with zero attached hydrogens (tertiary/aromatic N) is 2. The zero-order chi connectivity index (χ0) is 30.3. The van der Waals surface area contributed by atoms with Crippen molar-refractivity contribution in [2.45, 2.75) is 58.5 Å². The van der Waals surface area contributed by atoms with Crippen LogP contribution in [0.25, 0.3) is 11.1 Å². The molecule has 1 heterocycles. The van der Waals surface area contributed by atoms with Gasteiger partial charge in [0.25, 0.3) is 16.0 Å². The summed E-state index contributed by atoms with van der Waals surface area (Å²) in [6, 6.07) is 10.8. The molecule has 2 N–H and O–H groups in total. The molecular formula is C29H37FN4O5S2. The summed E-state index contributed by atoms with van der Waals surface area (Å²) < 4.78 is 50.1. The van der Waals surface area contributed by atoms with Gasteiger partial charge in [-0.15, -0.1) is 0 Å². The number of imidazole rings is 1. The maximum atomic E-state index is 15.5. The van der Waals surface area contributed by atoms with Crippen molar-refractivity contribution in [3.05, 3.63) is 65.2 Å². The summed E-state index contributed by atoms with van der Waals surface area (Å²) in [5, 5.41) is 2.99. The topological polar surface area (TPSA) is 119 Å². The van der Waals surface area contributed by atoms with Gasteiger partial charge in [-0.2, -0.15) is 17.6 Å². The van der Waals surface area contributed by atoms with E-state index in [-0.39, 0.29) is 41.4 Å². The Morgan fingerprint density at radius 1 is 1.17 bits per heavy atom. The third-order valence-corrected chi connectivity index (χ3v) is 8.49. The molecule has 2 aromatic carbocycles. The second-order valence-electron chi connectivity index (χ2n) is 10.1. The number of methoxy groups -OCH3 is 1. The Kier molecular flexibility index (Phi) is 11.0. The van der Waals surface area contributed by atoms with Crippen molar-refractivity contribution in [1.82, 2.24) is 19.6 Å². The highest BCUT2D eigenvalue weighted by Crippen LogP contribution is 2.30. The number of amides is 2. The molecule has 222 valence electrons. The first kappa shape index (κ1) is 32.1. The summed E-state index contributed by atoms with van der Waals surface area (Å²) in [7, 11) is -2.67. The zero-order valence-corrected chi connectivity index (χ0v) is 25.6. The highest BCUT2D eigenvalue weighted by atomic mass is 32.2. The van der Waals surface area contributed by atoms with E-state index in [2.05, 4.69) is 36.8 Å². The highest BCUT2D eigenvalue weighted by molar-refractivity contribution is 7.90. The Morgan fingerprint density at radius 2 is 1.88 bits per heavy atom. The summed E-state index contributed by atoms with van der Waals surface area (Å²) >= 11 is 4.34. The van der Waals surface area contributed by atoms with Gasteiger partial charge in [0.15, 0.2) is 0 Å². The van der Waals surface area contributed by atoms with Crippen LogP contribution < -0.4 is 14.8 Å². The number of rotatable bonds is 13. The fourth-order valence-electron chi connectivity index (χ4n) is 4.66. The van der Waals surface area contributed by atoms with Crippen LogP contribution in [-0.2, 0) is 39.1 Å². The minimum absolute atomic E-state index is 0.0708. The van der Waals surface area contributed by atoms with E-state index >= 15 is 4.39 Å². The largest absolute Gasteiger partial charge is 0.468 e. The molecule has 41 heavy (non-hydrogen) atoms.